The van der Waals surface area contributed by atoms with Crippen molar-refractivity contribution >= 4 is 28.4 Å². The normalized spacial score (nSPS) is 10.7. The predicted molar refractivity (Wildman–Crippen MR) is 66.7 cm³/mol. The fraction of sp³-hybridized carbons (Fsp3) is 0. The lowest BCUT2D eigenvalue weighted by Crippen LogP contribution is -2.02. The summed E-state index contributed by atoms with van der Waals surface area (Å²) >= 11 is 6.02. The van der Waals surface area contributed by atoms with E-state index in [1.165, 1.54) is 18.6 Å². The van der Waals surface area contributed by atoms with Crippen molar-refractivity contribution in [1.82, 2.24) is 9.97 Å². The minimum atomic E-state index is -0.310. The van der Waals surface area contributed by atoms with Gasteiger partial charge in [-0.3, -0.25) is 9.78 Å². The van der Waals surface area contributed by atoms with Gasteiger partial charge in [0, 0.05) is 17.8 Å². The van der Waals surface area contributed by atoms with Crippen LogP contribution in [-0.2, 0) is 0 Å². The molecule has 0 saturated carbocycles. The van der Waals surface area contributed by atoms with Gasteiger partial charge in [0.05, 0.1) is 11.2 Å². The number of hydrogen-bond acceptors (Lipinski definition) is 4. The number of fused-ring (bicyclic) bond motifs is 1. The van der Waals surface area contributed by atoms with E-state index in [9.17, 15) is 4.79 Å². The van der Waals surface area contributed by atoms with E-state index in [0.717, 1.165) is 0 Å². The van der Waals surface area contributed by atoms with Gasteiger partial charge in [-0.2, -0.15) is 0 Å². The first-order chi connectivity index (χ1) is 8.75. The van der Waals surface area contributed by atoms with Crippen LogP contribution >= 0.6 is 11.6 Å². The van der Waals surface area contributed by atoms with Crippen molar-refractivity contribution in [3.63, 3.8) is 0 Å². The van der Waals surface area contributed by atoms with E-state index in [4.69, 9.17) is 16.0 Å². The Morgan fingerprint density at radius 1 is 1.28 bits per heavy atom. The Kier molecular flexibility index (Phi) is 2.57. The summed E-state index contributed by atoms with van der Waals surface area (Å²) in [6.07, 6.45) is 4.37. The number of halogens is 1. The van der Waals surface area contributed by atoms with Gasteiger partial charge in [-0.05, 0) is 18.2 Å². The quantitative estimate of drug-likeness (QED) is 0.663. The lowest BCUT2D eigenvalue weighted by atomic mass is 10.2. The van der Waals surface area contributed by atoms with Crippen molar-refractivity contribution in [2.24, 2.45) is 0 Å². The van der Waals surface area contributed by atoms with Crippen molar-refractivity contribution in [1.29, 1.82) is 0 Å². The van der Waals surface area contributed by atoms with Gasteiger partial charge in [0.25, 0.3) is 0 Å². The summed E-state index contributed by atoms with van der Waals surface area (Å²) in [6.45, 7) is 0. The van der Waals surface area contributed by atoms with E-state index < -0.39 is 0 Å². The summed E-state index contributed by atoms with van der Waals surface area (Å²) in [5.74, 6) is -0.103. The highest BCUT2D eigenvalue weighted by atomic mass is 35.5. The Bertz CT molecular complexity index is 722. The third-order valence-corrected chi connectivity index (χ3v) is 2.86. The number of benzene rings is 1. The van der Waals surface area contributed by atoms with Gasteiger partial charge >= 0.3 is 0 Å². The van der Waals surface area contributed by atoms with Crippen molar-refractivity contribution in [3.05, 3.63) is 59.3 Å². The fourth-order valence-corrected chi connectivity index (χ4v) is 1.90. The van der Waals surface area contributed by atoms with Crippen molar-refractivity contribution in [2.75, 3.05) is 0 Å². The average molecular weight is 259 g/mol. The standard InChI is InChI=1S/C13H7ClN2O2/c14-9-2-1-3-11-8(9)6-12(18-11)13(17)10-7-15-4-5-16-10/h1-7H. The summed E-state index contributed by atoms with van der Waals surface area (Å²) in [4.78, 5) is 19.9. The highest BCUT2D eigenvalue weighted by molar-refractivity contribution is 6.35. The van der Waals surface area contributed by atoms with E-state index in [0.29, 0.717) is 16.0 Å². The van der Waals surface area contributed by atoms with Crippen LogP contribution in [0.25, 0.3) is 11.0 Å². The van der Waals surface area contributed by atoms with Crippen LogP contribution in [0.5, 0.6) is 0 Å². The summed E-state index contributed by atoms with van der Waals surface area (Å²) in [5.41, 5.74) is 0.822. The number of furan rings is 1. The number of aromatic nitrogens is 2. The Hall–Kier alpha value is -2.20. The average Bonchev–Trinajstić information content (AvgIpc) is 2.84. The minimum Gasteiger partial charge on any atom is -0.452 e. The monoisotopic (exact) mass is 258 g/mol. The summed E-state index contributed by atoms with van der Waals surface area (Å²) in [5, 5.41) is 1.26. The molecule has 0 aliphatic rings. The van der Waals surface area contributed by atoms with Crippen LogP contribution in [0.3, 0.4) is 0 Å². The Morgan fingerprint density at radius 2 is 2.17 bits per heavy atom. The minimum absolute atomic E-state index is 0.207. The second-order valence-electron chi connectivity index (χ2n) is 3.68. The molecule has 0 fully saturated rings. The Balaban J connectivity index is 2.10. The molecule has 2 aromatic heterocycles. The molecule has 0 aliphatic carbocycles. The first-order valence-electron chi connectivity index (χ1n) is 5.24. The van der Waals surface area contributed by atoms with Crippen LogP contribution in [0.4, 0.5) is 0 Å². The van der Waals surface area contributed by atoms with E-state index in [1.807, 2.05) is 0 Å². The zero-order valence-electron chi connectivity index (χ0n) is 9.13. The summed E-state index contributed by atoms with van der Waals surface area (Å²) < 4.78 is 5.46. The molecule has 2 heterocycles. The molecule has 0 radical (unpaired) electrons. The third-order valence-electron chi connectivity index (χ3n) is 2.53. The van der Waals surface area contributed by atoms with Crippen LogP contribution in [0, 0.1) is 0 Å². The predicted octanol–water partition coefficient (Wildman–Crippen LogP) is 3.11. The largest absolute Gasteiger partial charge is 0.452 e. The van der Waals surface area contributed by atoms with Gasteiger partial charge in [-0.15, -0.1) is 0 Å². The molecule has 5 heteroatoms. The fourth-order valence-electron chi connectivity index (χ4n) is 1.68. The highest BCUT2D eigenvalue weighted by Crippen LogP contribution is 2.27. The maximum Gasteiger partial charge on any atom is 0.248 e. The molecule has 0 saturated heterocycles. The smallest absolute Gasteiger partial charge is 0.248 e. The van der Waals surface area contributed by atoms with Crippen molar-refractivity contribution < 1.29 is 9.21 Å². The number of ketones is 1. The topological polar surface area (TPSA) is 56.0 Å². The molecule has 0 aliphatic heterocycles. The number of carbonyl (C=O) groups is 1. The molecule has 0 bridgehead atoms. The molecule has 18 heavy (non-hydrogen) atoms. The number of nitrogens with zero attached hydrogens (tertiary/aromatic N) is 2. The second kappa shape index (κ2) is 4.23. The van der Waals surface area contributed by atoms with Crippen LogP contribution in [0.15, 0.2) is 47.3 Å². The number of rotatable bonds is 2. The molecule has 0 atom stereocenters. The van der Waals surface area contributed by atoms with Gasteiger partial charge in [0.1, 0.15) is 11.3 Å². The zero-order chi connectivity index (χ0) is 12.5. The molecule has 3 aromatic rings. The lowest BCUT2D eigenvalue weighted by Gasteiger charge is -1.93. The summed E-state index contributed by atoms with van der Waals surface area (Å²) in [6, 6.07) is 6.89. The number of carbonyl (C=O) groups excluding carboxylic acids is 1. The van der Waals surface area contributed by atoms with Crippen LogP contribution in [-0.4, -0.2) is 15.8 Å². The highest BCUT2D eigenvalue weighted by Gasteiger charge is 2.16. The number of hydrogen-bond donors (Lipinski definition) is 0. The SMILES string of the molecule is O=C(c1cnccn1)c1cc2c(Cl)cccc2o1. The zero-order valence-corrected chi connectivity index (χ0v) is 9.89. The van der Waals surface area contributed by atoms with Crippen LogP contribution in [0.2, 0.25) is 5.02 Å². The van der Waals surface area contributed by atoms with Crippen molar-refractivity contribution in [2.45, 2.75) is 0 Å². The van der Waals surface area contributed by atoms with Gasteiger partial charge in [-0.25, -0.2) is 4.98 Å². The molecule has 3 rings (SSSR count). The van der Waals surface area contributed by atoms with Gasteiger partial charge in [0.2, 0.25) is 5.78 Å². The van der Waals surface area contributed by atoms with E-state index in [1.54, 1.807) is 24.3 Å². The molecule has 0 spiro atoms. The van der Waals surface area contributed by atoms with E-state index >= 15 is 0 Å². The summed E-state index contributed by atoms with van der Waals surface area (Å²) in [7, 11) is 0. The second-order valence-corrected chi connectivity index (χ2v) is 4.09. The molecular weight excluding hydrogens is 252 g/mol. The van der Waals surface area contributed by atoms with E-state index in [-0.39, 0.29) is 17.2 Å². The van der Waals surface area contributed by atoms with Crippen LogP contribution < -0.4 is 0 Å². The molecular formula is C13H7ClN2O2. The van der Waals surface area contributed by atoms with Crippen molar-refractivity contribution in [3.8, 4) is 0 Å². The molecule has 4 nitrogen and oxygen atoms in total. The molecule has 1 aromatic carbocycles. The Morgan fingerprint density at radius 3 is 2.89 bits per heavy atom. The van der Waals surface area contributed by atoms with Gasteiger partial charge in [-0.1, -0.05) is 17.7 Å². The van der Waals surface area contributed by atoms with E-state index in [2.05, 4.69) is 9.97 Å². The Labute approximate surface area is 107 Å². The molecule has 0 N–H and O–H groups in total. The maximum atomic E-state index is 12.1. The lowest BCUT2D eigenvalue weighted by molar-refractivity contribution is 0.101. The first-order valence-corrected chi connectivity index (χ1v) is 5.62. The molecule has 0 amide bonds. The van der Waals surface area contributed by atoms with Gasteiger partial charge in [0.15, 0.2) is 5.76 Å². The third kappa shape index (κ3) is 1.76. The first kappa shape index (κ1) is 10.9. The maximum absolute atomic E-state index is 12.1. The molecule has 0 unspecified atom stereocenters. The van der Waals surface area contributed by atoms with Gasteiger partial charge < -0.3 is 4.42 Å². The molecule has 88 valence electrons. The van der Waals surface area contributed by atoms with Crippen LogP contribution in [0.1, 0.15) is 16.2 Å².